The van der Waals surface area contributed by atoms with Crippen LogP contribution in [0.5, 0.6) is 0 Å². The average molecular weight is 273 g/mol. The molecule has 102 valence electrons. The molecule has 1 atom stereocenters. The fourth-order valence-electron chi connectivity index (χ4n) is 2.35. The van der Waals surface area contributed by atoms with Gasteiger partial charge in [0.15, 0.2) is 0 Å². The van der Waals surface area contributed by atoms with Crippen LogP contribution < -0.4 is 5.32 Å². The van der Waals surface area contributed by atoms with Crippen LogP contribution in [0.25, 0.3) is 11.1 Å². The quantitative estimate of drug-likeness (QED) is 0.765. The first kappa shape index (κ1) is 14.3. The summed E-state index contributed by atoms with van der Waals surface area (Å²) in [5.74, 6) is 0. The minimum Gasteiger partial charge on any atom is -0.310 e. The maximum absolute atomic E-state index is 3.62. The molecule has 0 aliphatic rings. The average Bonchev–Trinajstić information content (AvgIpc) is 2.87. The Labute approximate surface area is 120 Å². The fourth-order valence-corrected chi connectivity index (χ4v) is 3.06. The van der Waals surface area contributed by atoms with E-state index in [9.17, 15) is 0 Å². The van der Waals surface area contributed by atoms with Gasteiger partial charge in [-0.2, -0.15) is 0 Å². The largest absolute Gasteiger partial charge is 0.310 e. The number of rotatable bonds is 6. The molecule has 0 amide bonds. The molecular weight excluding hydrogens is 250 g/mol. The topological polar surface area (TPSA) is 12.0 Å². The first-order valence-electron chi connectivity index (χ1n) is 7.13. The molecule has 1 heterocycles. The summed E-state index contributed by atoms with van der Waals surface area (Å²) in [6.07, 6.45) is 2.31. The van der Waals surface area contributed by atoms with Crippen LogP contribution >= 0.6 is 11.3 Å². The number of thiophene rings is 1. The molecule has 0 spiro atoms. The van der Waals surface area contributed by atoms with Gasteiger partial charge in [0.05, 0.1) is 0 Å². The van der Waals surface area contributed by atoms with Crippen LogP contribution in [0.3, 0.4) is 0 Å². The maximum Gasteiger partial charge on any atom is 0.0317 e. The van der Waals surface area contributed by atoms with Crippen molar-refractivity contribution in [2.24, 2.45) is 0 Å². The van der Waals surface area contributed by atoms with Crippen LogP contribution in [0.2, 0.25) is 0 Å². The van der Waals surface area contributed by atoms with Crippen LogP contribution in [-0.2, 0) is 0 Å². The molecule has 0 aliphatic heterocycles. The maximum atomic E-state index is 3.62. The summed E-state index contributed by atoms with van der Waals surface area (Å²) in [7, 11) is 0. The molecule has 1 aromatic heterocycles. The highest BCUT2D eigenvalue weighted by Gasteiger charge is 2.09. The predicted octanol–water partition coefficient (Wildman–Crippen LogP) is 5.17. The lowest BCUT2D eigenvalue weighted by atomic mass is 9.99. The van der Waals surface area contributed by atoms with E-state index in [1.807, 2.05) is 11.3 Å². The zero-order valence-electron chi connectivity index (χ0n) is 12.1. The molecule has 1 aromatic carbocycles. The van der Waals surface area contributed by atoms with E-state index >= 15 is 0 Å². The summed E-state index contributed by atoms with van der Waals surface area (Å²) in [6.45, 7) is 7.70. The highest BCUT2D eigenvalue weighted by molar-refractivity contribution is 7.10. The molecule has 19 heavy (non-hydrogen) atoms. The van der Waals surface area contributed by atoms with E-state index in [1.54, 1.807) is 0 Å². The Morgan fingerprint density at radius 2 is 2.00 bits per heavy atom. The molecule has 0 fully saturated rings. The van der Waals surface area contributed by atoms with Crippen molar-refractivity contribution >= 4 is 11.3 Å². The summed E-state index contributed by atoms with van der Waals surface area (Å²) in [5.41, 5.74) is 4.07. The summed E-state index contributed by atoms with van der Waals surface area (Å²) < 4.78 is 0. The summed E-state index contributed by atoms with van der Waals surface area (Å²) >= 11 is 1.82. The van der Waals surface area contributed by atoms with Gasteiger partial charge in [-0.3, -0.25) is 0 Å². The standard InChI is InChI=1S/C17H23NS/c1-4-9-18-17(5-2)15-8-6-7-14(11-15)16-10-13(3)19-12-16/h6-8,10-12,17-18H,4-5,9H2,1-3H3. The summed E-state index contributed by atoms with van der Waals surface area (Å²) in [4.78, 5) is 1.37. The van der Waals surface area contributed by atoms with E-state index in [4.69, 9.17) is 0 Å². The Hall–Kier alpha value is -1.12. The van der Waals surface area contributed by atoms with Crippen LogP contribution in [0.15, 0.2) is 35.7 Å². The minimum atomic E-state index is 0.472. The fraction of sp³-hybridized carbons (Fsp3) is 0.412. The van der Waals surface area contributed by atoms with Crippen molar-refractivity contribution in [3.63, 3.8) is 0 Å². The van der Waals surface area contributed by atoms with Crippen LogP contribution in [0.4, 0.5) is 0 Å². The monoisotopic (exact) mass is 273 g/mol. The van der Waals surface area contributed by atoms with Crippen LogP contribution in [0, 0.1) is 6.92 Å². The van der Waals surface area contributed by atoms with Crippen molar-refractivity contribution in [1.82, 2.24) is 5.32 Å². The van der Waals surface area contributed by atoms with Gasteiger partial charge in [0.1, 0.15) is 0 Å². The molecule has 0 saturated carbocycles. The molecule has 0 aliphatic carbocycles. The molecule has 0 bridgehead atoms. The van der Waals surface area contributed by atoms with Crippen molar-refractivity contribution in [2.75, 3.05) is 6.54 Å². The van der Waals surface area contributed by atoms with Gasteiger partial charge in [0, 0.05) is 10.9 Å². The Kier molecular flexibility index (Phi) is 5.17. The Balaban J connectivity index is 2.22. The molecule has 2 heteroatoms. The lowest BCUT2D eigenvalue weighted by molar-refractivity contribution is 0.518. The van der Waals surface area contributed by atoms with Crippen LogP contribution in [0.1, 0.15) is 43.2 Å². The second-order valence-electron chi connectivity index (χ2n) is 4.99. The smallest absolute Gasteiger partial charge is 0.0317 e. The third-order valence-corrected chi connectivity index (χ3v) is 4.26. The lowest BCUT2D eigenvalue weighted by Crippen LogP contribution is -2.21. The van der Waals surface area contributed by atoms with Gasteiger partial charge >= 0.3 is 0 Å². The lowest BCUT2D eigenvalue weighted by Gasteiger charge is -2.17. The second kappa shape index (κ2) is 6.88. The van der Waals surface area contributed by atoms with Gasteiger partial charge < -0.3 is 5.32 Å². The number of benzene rings is 1. The Morgan fingerprint density at radius 3 is 2.63 bits per heavy atom. The summed E-state index contributed by atoms with van der Waals surface area (Å²) in [6, 6.07) is 11.7. The Morgan fingerprint density at radius 1 is 1.16 bits per heavy atom. The van der Waals surface area contributed by atoms with Gasteiger partial charge in [-0.25, -0.2) is 0 Å². The van der Waals surface area contributed by atoms with Crippen molar-refractivity contribution in [3.05, 3.63) is 46.2 Å². The number of hydrogen-bond donors (Lipinski definition) is 1. The van der Waals surface area contributed by atoms with E-state index in [2.05, 4.69) is 61.8 Å². The van der Waals surface area contributed by atoms with Gasteiger partial charge in [0.2, 0.25) is 0 Å². The molecule has 1 N–H and O–H groups in total. The third-order valence-electron chi connectivity index (χ3n) is 3.40. The molecule has 0 saturated heterocycles. The minimum absolute atomic E-state index is 0.472. The third kappa shape index (κ3) is 3.68. The van der Waals surface area contributed by atoms with E-state index in [0.717, 1.165) is 13.0 Å². The van der Waals surface area contributed by atoms with Gasteiger partial charge in [-0.15, -0.1) is 11.3 Å². The van der Waals surface area contributed by atoms with E-state index in [-0.39, 0.29) is 0 Å². The molecule has 1 unspecified atom stereocenters. The second-order valence-corrected chi connectivity index (χ2v) is 6.10. The Bertz CT molecular complexity index is 515. The van der Waals surface area contributed by atoms with Crippen molar-refractivity contribution in [3.8, 4) is 11.1 Å². The van der Waals surface area contributed by atoms with E-state index in [0.29, 0.717) is 6.04 Å². The highest BCUT2D eigenvalue weighted by Crippen LogP contribution is 2.28. The first-order chi connectivity index (χ1) is 9.24. The van der Waals surface area contributed by atoms with Crippen molar-refractivity contribution < 1.29 is 0 Å². The molecule has 0 radical (unpaired) electrons. The van der Waals surface area contributed by atoms with Crippen molar-refractivity contribution in [2.45, 2.75) is 39.7 Å². The van der Waals surface area contributed by atoms with Gasteiger partial charge in [0.25, 0.3) is 0 Å². The number of aryl methyl sites for hydroxylation is 1. The van der Waals surface area contributed by atoms with E-state index < -0.39 is 0 Å². The molecule has 2 rings (SSSR count). The zero-order valence-corrected chi connectivity index (χ0v) is 12.9. The summed E-state index contributed by atoms with van der Waals surface area (Å²) in [5, 5.41) is 5.87. The molecular formula is C17H23NS. The molecule has 1 nitrogen and oxygen atoms in total. The van der Waals surface area contributed by atoms with Gasteiger partial charge in [-0.1, -0.05) is 32.0 Å². The first-order valence-corrected chi connectivity index (χ1v) is 8.01. The van der Waals surface area contributed by atoms with Gasteiger partial charge in [-0.05, 0) is 60.5 Å². The zero-order chi connectivity index (χ0) is 13.7. The van der Waals surface area contributed by atoms with E-state index in [1.165, 1.54) is 28.0 Å². The van der Waals surface area contributed by atoms with Crippen LogP contribution in [-0.4, -0.2) is 6.54 Å². The van der Waals surface area contributed by atoms with Crippen molar-refractivity contribution in [1.29, 1.82) is 0 Å². The number of nitrogens with one attached hydrogen (secondary N) is 1. The molecule has 2 aromatic rings. The predicted molar refractivity (Wildman–Crippen MR) is 85.8 cm³/mol. The highest BCUT2D eigenvalue weighted by atomic mass is 32.1. The number of hydrogen-bond acceptors (Lipinski definition) is 2. The normalized spacial score (nSPS) is 12.6. The SMILES string of the molecule is CCCNC(CC)c1cccc(-c2csc(C)c2)c1.